The molecule has 0 saturated carbocycles. The van der Waals surface area contributed by atoms with E-state index in [1.165, 1.54) is 19.2 Å². The number of rotatable bonds is 2. The monoisotopic (exact) mass is 234 g/mol. The van der Waals surface area contributed by atoms with Gasteiger partial charge in [-0.3, -0.25) is 0 Å². The fourth-order valence-electron chi connectivity index (χ4n) is 1.67. The van der Waals surface area contributed by atoms with E-state index in [2.05, 4.69) is 4.74 Å². The van der Waals surface area contributed by atoms with Crippen molar-refractivity contribution in [2.45, 2.75) is 6.92 Å². The van der Waals surface area contributed by atoms with Crippen LogP contribution in [0.15, 0.2) is 36.4 Å². The van der Waals surface area contributed by atoms with Crippen molar-refractivity contribution in [3.63, 3.8) is 0 Å². The first-order valence-electron chi connectivity index (χ1n) is 5.22. The van der Waals surface area contributed by atoms with E-state index in [9.17, 15) is 8.78 Å². The predicted molar refractivity (Wildman–Crippen MR) is 63.1 cm³/mol. The molecule has 0 atom stereocenters. The van der Waals surface area contributed by atoms with Crippen molar-refractivity contribution in [3.05, 3.63) is 53.6 Å². The molecule has 0 aliphatic rings. The van der Waals surface area contributed by atoms with Crippen molar-refractivity contribution in [1.82, 2.24) is 0 Å². The van der Waals surface area contributed by atoms with Crippen LogP contribution in [0, 0.1) is 18.6 Å². The maximum atomic E-state index is 13.5. The summed E-state index contributed by atoms with van der Waals surface area (Å²) in [5, 5.41) is 0. The third-order valence-corrected chi connectivity index (χ3v) is 2.59. The number of aryl methyl sites for hydroxylation is 1. The van der Waals surface area contributed by atoms with E-state index < -0.39 is 11.6 Å². The van der Waals surface area contributed by atoms with E-state index in [0.29, 0.717) is 5.56 Å². The smallest absolute Gasteiger partial charge is 0.190 e. The molecule has 0 bridgehead atoms. The highest BCUT2D eigenvalue weighted by Crippen LogP contribution is 2.28. The Morgan fingerprint density at radius 1 is 0.882 bits per heavy atom. The fourth-order valence-corrected chi connectivity index (χ4v) is 1.67. The molecule has 0 N–H and O–H groups in total. The molecular formula is C14H12F2O. The number of methoxy groups -OCH3 is 1. The summed E-state index contributed by atoms with van der Waals surface area (Å²) < 4.78 is 31.7. The van der Waals surface area contributed by atoms with E-state index in [-0.39, 0.29) is 5.75 Å². The first-order valence-corrected chi connectivity index (χ1v) is 5.22. The van der Waals surface area contributed by atoms with Crippen LogP contribution >= 0.6 is 0 Å². The summed E-state index contributed by atoms with van der Waals surface area (Å²) in [6, 6.07) is 10.00. The Kier molecular flexibility index (Phi) is 3.09. The Hall–Kier alpha value is -1.90. The maximum absolute atomic E-state index is 13.5. The minimum Gasteiger partial charge on any atom is -0.491 e. The molecule has 88 valence electrons. The average Bonchev–Trinajstić information content (AvgIpc) is 2.29. The highest BCUT2D eigenvalue weighted by Gasteiger charge is 2.12. The SMILES string of the molecule is COc1c(F)cc(-c2ccc(C)cc2)cc1F. The largest absolute Gasteiger partial charge is 0.491 e. The molecule has 0 saturated heterocycles. The number of hydrogen-bond acceptors (Lipinski definition) is 1. The lowest BCUT2D eigenvalue weighted by atomic mass is 10.0. The average molecular weight is 234 g/mol. The first kappa shape index (κ1) is 11.6. The second kappa shape index (κ2) is 4.53. The molecule has 0 aliphatic heterocycles. The third kappa shape index (κ3) is 2.28. The summed E-state index contributed by atoms with van der Waals surface area (Å²) in [5.41, 5.74) is 2.38. The summed E-state index contributed by atoms with van der Waals surface area (Å²) in [6.07, 6.45) is 0. The van der Waals surface area contributed by atoms with Gasteiger partial charge in [0.1, 0.15) is 0 Å². The zero-order valence-corrected chi connectivity index (χ0v) is 9.63. The minimum absolute atomic E-state index is 0.346. The molecule has 2 aromatic carbocycles. The second-order valence-electron chi connectivity index (χ2n) is 3.84. The van der Waals surface area contributed by atoms with E-state index in [1.807, 2.05) is 31.2 Å². The van der Waals surface area contributed by atoms with Crippen molar-refractivity contribution >= 4 is 0 Å². The van der Waals surface area contributed by atoms with Gasteiger partial charge in [0.15, 0.2) is 17.4 Å². The zero-order chi connectivity index (χ0) is 12.4. The molecule has 0 spiro atoms. The Morgan fingerprint density at radius 2 is 1.41 bits per heavy atom. The van der Waals surface area contributed by atoms with Gasteiger partial charge in [0.05, 0.1) is 7.11 Å². The van der Waals surface area contributed by atoms with Gasteiger partial charge < -0.3 is 4.74 Å². The Morgan fingerprint density at radius 3 is 1.88 bits per heavy atom. The molecule has 0 aliphatic carbocycles. The molecule has 0 heterocycles. The highest BCUT2D eigenvalue weighted by atomic mass is 19.1. The molecule has 0 aromatic heterocycles. The van der Waals surface area contributed by atoms with E-state index >= 15 is 0 Å². The summed E-state index contributed by atoms with van der Waals surface area (Å²) >= 11 is 0. The molecule has 1 nitrogen and oxygen atoms in total. The van der Waals surface area contributed by atoms with E-state index in [4.69, 9.17) is 0 Å². The first-order chi connectivity index (χ1) is 8.11. The van der Waals surface area contributed by atoms with E-state index in [0.717, 1.165) is 11.1 Å². The van der Waals surface area contributed by atoms with Gasteiger partial charge in [0.2, 0.25) is 0 Å². The Bertz CT molecular complexity index is 509. The molecule has 17 heavy (non-hydrogen) atoms. The molecular weight excluding hydrogens is 222 g/mol. The van der Waals surface area contributed by atoms with Crippen LogP contribution in [0.2, 0.25) is 0 Å². The van der Waals surface area contributed by atoms with Gasteiger partial charge in [0, 0.05) is 0 Å². The third-order valence-electron chi connectivity index (χ3n) is 2.59. The van der Waals surface area contributed by atoms with Gasteiger partial charge in [-0.05, 0) is 30.2 Å². The lowest BCUT2D eigenvalue weighted by molar-refractivity contribution is 0.360. The number of ether oxygens (including phenoxy) is 1. The summed E-state index contributed by atoms with van der Waals surface area (Å²) in [4.78, 5) is 0. The van der Waals surface area contributed by atoms with Gasteiger partial charge >= 0.3 is 0 Å². The summed E-state index contributed by atoms with van der Waals surface area (Å²) in [6.45, 7) is 1.96. The summed E-state index contributed by atoms with van der Waals surface area (Å²) in [7, 11) is 1.24. The number of halogens is 2. The normalized spacial score (nSPS) is 10.4. The van der Waals surface area contributed by atoms with Crippen LogP contribution < -0.4 is 4.74 Å². The van der Waals surface area contributed by atoms with Gasteiger partial charge in [0.25, 0.3) is 0 Å². The standard InChI is InChI=1S/C14H12F2O/c1-9-3-5-10(6-4-9)11-7-12(15)14(17-2)13(16)8-11/h3-8H,1-2H3. The van der Waals surface area contributed by atoms with Gasteiger partial charge in [-0.25, -0.2) is 8.78 Å². The van der Waals surface area contributed by atoms with Crippen LogP contribution in [0.3, 0.4) is 0 Å². The lowest BCUT2D eigenvalue weighted by Gasteiger charge is -2.07. The Labute approximate surface area is 98.7 Å². The van der Waals surface area contributed by atoms with Crippen LogP contribution in [0.4, 0.5) is 8.78 Å². The highest BCUT2D eigenvalue weighted by molar-refractivity contribution is 5.65. The van der Waals surface area contributed by atoms with Crippen LogP contribution in [-0.4, -0.2) is 7.11 Å². The number of hydrogen-bond donors (Lipinski definition) is 0. The quantitative estimate of drug-likeness (QED) is 0.764. The molecule has 0 unspecified atom stereocenters. The molecule has 0 fully saturated rings. The molecule has 2 aromatic rings. The van der Waals surface area contributed by atoms with Crippen molar-refractivity contribution in [2.24, 2.45) is 0 Å². The van der Waals surface area contributed by atoms with Crippen LogP contribution in [-0.2, 0) is 0 Å². The van der Waals surface area contributed by atoms with Gasteiger partial charge in [-0.15, -0.1) is 0 Å². The van der Waals surface area contributed by atoms with Gasteiger partial charge in [-0.2, -0.15) is 0 Å². The van der Waals surface area contributed by atoms with E-state index in [1.54, 1.807) is 0 Å². The minimum atomic E-state index is -0.692. The van der Waals surface area contributed by atoms with Crippen molar-refractivity contribution < 1.29 is 13.5 Å². The Balaban J connectivity index is 2.50. The molecule has 0 amide bonds. The molecule has 0 radical (unpaired) electrons. The molecule has 3 heteroatoms. The summed E-state index contributed by atoms with van der Waals surface area (Å²) in [5.74, 6) is -1.73. The van der Waals surface area contributed by atoms with Crippen LogP contribution in [0.5, 0.6) is 5.75 Å². The van der Waals surface area contributed by atoms with Crippen molar-refractivity contribution in [2.75, 3.05) is 7.11 Å². The second-order valence-corrected chi connectivity index (χ2v) is 3.84. The van der Waals surface area contributed by atoms with Crippen LogP contribution in [0.1, 0.15) is 5.56 Å². The lowest BCUT2D eigenvalue weighted by Crippen LogP contribution is -1.93. The van der Waals surface area contributed by atoms with Crippen molar-refractivity contribution in [3.8, 4) is 16.9 Å². The molecule has 2 rings (SSSR count). The van der Waals surface area contributed by atoms with Crippen LogP contribution in [0.25, 0.3) is 11.1 Å². The predicted octanol–water partition coefficient (Wildman–Crippen LogP) is 3.95. The fraction of sp³-hybridized carbons (Fsp3) is 0.143. The topological polar surface area (TPSA) is 9.23 Å². The van der Waals surface area contributed by atoms with Gasteiger partial charge in [-0.1, -0.05) is 29.8 Å². The van der Waals surface area contributed by atoms with Crippen molar-refractivity contribution in [1.29, 1.82) is 0 Å². The number of benzene rings is 2. The maximum Gasteiger partial charge on any atom is 0.190 e. The zero-order valence-electron chi connectivity index (χ0n) is 9.63.